The highest BCUT2D eigenvalue weighted by molar-refractivity contribution is 6.28. The highest BCUT2D eigenvalue weighted by Gasteiger charge is 2.03. The summed E-state index contributed by atoms with van der Waals surface area (Å²) in [7, 11) is 1.90. The standard InChI is InChI=1S/C10H12ClN5/c1-7-5-13-10(11)15-9(7)12-6-8-3-4-14-16(8)2/h3-5H,6H2,1-2H3,(H,12,13,15). The molecule has 0 radical (unpaired) electrons. The van der Waals surface area contributed by atoms with E-state index >= 15 is 0 Å². The van der Waals surface area contributed by atoms with Gasteiger partial charge in [0.25, 0.3) is 0 Å². The van der Waals surface area contributed by atoms with E-state index in [1.807, 2.05) is 24.7 Å². The van der Waals surface area contributed by atoms with Crippen molar-refractivity contribution in [1.29, 1.82) is 0 Å². The van der Waals surface area contributed by atoms with Crippen molar-refractivity contribution in [2.75, 3.05) is 5.32 Å². The number of hydrogen-bond acceptors (Lipinski definition) is 4. The highest BCUT2D eigenvalue weighted by atomic mass is 35.5. The first-order valence-corrected chi connectivity index (χ1v) is 5.24. The minimum absolute atomic E-state index is 0.248. The van der Waals surface area contributed by atoms with Crippen molar-refractivity contribution in [2.45, 2.75) is 13.5 Å². The Morgan fingerprint density at radius 3 is 3.00 bits per heavy atom. The number of halogens is 1. The molecule has 0 fully saturated rings. The Labute approximate surface area is 98.5 Å². The molecule has 6 heteroatoms. The lowest BCUT2D eigenvalue weighted by Gasteiger charge is -2.08. The summed E-state index contributed by atoms with van der Waals surface area (Å²) in [6, 6.07) is 1.95. The smallest absolute Gasteiger partial charge is 0.224 e. The maximum atomic E-state index is 5.73. The van der Waals surface area contributed by atoms with E-state index < -0.39 is 0 Å². The molecule has 1 N–H and O–H groups in total. The second-order valence-corrected chi connectivity index (χ2v) is 3.81. The lowest BCUT2D eigenvalue weighted by molar-refractivity contribution is 0.719. The summed E-state index contributed by atoms with van der Waals surface area (Å²) in [4.78, 5) is 8.01. The van der Waals surface area contributed by atoms with E-state index in [1.54, 1.807) is 12.4 Å². The van der Waals surface area contributed by atoms with E-state index in [-0.39, 0.29) is 5.28 Å². The summed E-state index contributed by atoms with van der Waals surface area (Å²) in [5, 5.41) is 7.54. The Hall–Kier alpha value is -1.62. The molecular formula is C10H12ClN5. The maximum absolute atomic E-state index is 5.73. The first kappa shape index (κ1) is 10.9. The van der Waals surface area contributed by atoms with Gasteiger partial charge in [-0.15, -0.1) is 0 Å². The predicted molar refractivity (Wildman–Crippen MR) is 62.3 cm³/mol. The van der Waals surface area contributed by atoms with Crippen molar-refractivity contribution in [3.05, 3.63) is 35.0 Å². The first-order valence-electron chi connectivity index (χ1n) is 4.86. The third-order valence-electron chi connectivity index (χ3n) is 2.30. The van der Waals surface area contributed by atoms with E-state index in [2.05, 4.69) is 20.4 Å². The number of aromatic nitrogens is 4. The van der Waals surface area contributed by atoms with Gasteiger partial charge >= 0.3 is 0 Å². The number of rotatable bonds is 3. The lowest BCUT2D eigenvalue weighted by Crippen LogP contribution is -2.08. The second kappa shape index (κ2) is 4.49. The van der Waals surface area contributed by atoms with Crippen molar-refractivity contribution in [2.24, 2.45) is 7.05 Å². The van der Waals surface area contributed by atoms with Gasteiger partial charge < -0.3 is 5.32 Å². The van der Waals surface area contributed by atoms with E-state index in [0.29, 0.717) is 6.54 Å². The van der Waals surface area contributed by atoms with E-state index in [9.17, 15) is 0 Å². The van der Waals surface area contributed by atoms with Gasteiger partial charge in [-0.2, -0.15) is 5.10 Å². The van der Waals surface area contributed by atoms with Gasteiger partial charge in [0, 0.05) is 25.0 Å². The molecule has 0 aliphatic heterocycles. The molecule has 16 heavy (non-hydrogen) atoms. The topological polar surface area (TPSA) is 55.6 Å². The Bertz CT molecular complexity index is 494. The van der Waals surface area contributed by atoms with Gasteiger partial charge in [0.15, 0.2) is 0 Å². The first-order chi connectivity index (χ1) is 7.66. The Morgan fingerprint density at radius 2 is 2.31 bits per heavy atom. The third kappa shape index (κ3) is 2.30. The fourth-order valence-corrected chi connectivity index (χ4v) is 1.48. The van der Waals surface area contributed by atoms with E-state index in [0.717, 1.165) is 17.1 Å². The van der Waals surface area contributed by atoms with Crippen LogP contribution in [0.4, 0.5) is 5.82 Å². The van der Waals surface area contributed by atoms with Gasteiger partial charge in [0.1, 0.15) is 5.82 Å². The largest absolute Gasteiger partial charge is 0.364 e. The van der Waals surface area contributed by atoms with Crippen LogP contribution in [0.5, 0.6) is 0 Å². The van der Waals surface area contributed by atoms with Crippen molar-refractivity contribution < 1.29 is 0 Å². The van der Waals surface area contributed by atoms with E-state index in [4.69, 9.17) is 11.6 Å². The van der Waals surface area contributed by atoms with Gasteiger partial charge in [-0.05, 0) is 24.6 Å². The van der Waals surface area contributed by atoms with Crippen LogP contribution in [0, 0.1) is 6.92 Å². The number of aryl methyl sites for hydroxylation is 2. The summed E-state index contributed by atoms with van der Waals surface area (Å²) in [5.74, 6) is 0.751. The van der Waals surface area contributed by atoms with Crippen LogP contribution in [0.15, 0.2) is 18.5 Å². The number of anilines is 1. The van der Waals surface area contributed by atoms with Crippen molar-refractivity contribution in [3.8, 4) is 0 Å². The Kier molecular flexibility index (Phi) is 3.05. The average molecular weight is 238 g/mol. The van der Waals surface area contributed by atoms with Gasteiger partial charge in [-0.3, -0.25) is 4.68 Å². The quantitative estimate of drug-likeness (QED) is 0.827. The molecule has 0 saturated heterocycles. The minimum Gasteiger partial charge on any atom is -0.364 e. The van der Waals surface area contributed by atoms with Crippen LogP contribution in [-0.4, -0.2) is 19.7 Å². The fraction of sp³-hybridized carbons (Fsp3) is 0.300. The molecular weight excluding hydrogens is 226 g/mol. The molecule has 0 unspecified atom stereocenters. The number of hydrogen-bond donors (Lipinski definition) is 1. The van der Waals surface area contributed by atoms with E-state index in [1.165, 1.54) is 0 Å². The average Bonchev–Trinajstić information content (AvgIpc) is 2.66. The summed E-state index contributed by atoms with van der Waals surface area (Å²) in [5.41, 5.74) is 2.04. The molecule has 0 bridgehead atoms. The molecule has 0 aliphatic rings. The summed E-state index contributed by atoms with van der Waals surface area (Å²) in [6.07, 6.45) is 3.46. The molecule has 84 valence electrons. The van der Waals surface area contributed by atoms with Gasteiger partial charge in [-0.25, -0.2) is 9.97 Å². The molecule has 2 heterocycles. The lowest BCUT2D eigenvalue weighted by atomic mass is 10.3. The van der Waals surface area contributed by atoms with Crippen molar-refractivity contribution in [3.63, 3.8) is 0 Å². The Balaban J connectivity index is 2.10. The van der Waals surface area contributed by atoms with Crippen LogP contribution in [0.2, 0.25) is 5.28 Å². The molecule has 0 amide bonds. The summed E-state index contributed by atoms with van der Waals surface area (Å²) >= 11 is 5.73. The van der Waals surface area contributed by atoms with Crippen LogP contribution in [-0.2, 0) is 13.6 Å². The van der Waals surface area contributed by atoms with Crippen LogP contribution < -0.4 is 5.32 Å². The molecule has 0 atom stereocenters. The van der Waals surface area contributed by atoms with Gasteiger partial charge in [0.05, 0.1) is 12.2 Å². The fourth-order valence-electron chi connectivity index (χ4n) is 1.35. The minimum atomic E-state index is 0.248. The molecule has 0 saturated carbocycles. The van der Waals surface area contributed by atoms with Crippen LogP contribution in [0.25, 0.3) is 0 Å². The number of nitrogens with zero attached hydrogens (tertiary/aromatic N) is 4. The third-order valence-corrected chi connectivity index (χ3v) is 2.48. The maximum Gasteiger partial charge on any atom is 0.224 e. The van der Waals surface area contributed by atoms with Gasteiger partial charge in [-0.1, -0.05) is 0 Å². The zero-order valence-corrected chi connectivity index (χ0v) is 9.86. The molecule has 2 aromatic heterocycles. The second-order valence-electron chi connectivity index (χ2n) is 3.47. The van der Waals surface area contributed by atoms with Crippen molar-refractivity contribution >= 4 is 17.4 Å². The SMILES string of the molecule is Cc1cnc(Cl)nc1NCc1ccnn1C. The van der Waals surface area contributed by atoms with Crippen molar-refractivity contribution in [1.82, 2.24) is 19.7 Å². The molecule has 0 spiro atoms. The molecule has 5 nitrogen and oxygen atoms in total. The van der Waals surface area contributed by atoms with Crippen LogP contribution in [0.1, 0.15) is 11.3 Å². The van der Waals surface area contributed by atoms with Gasteiger partial charge in [0.2, 0.25) is 5.28 Å². The normalized spacial score (nSPS) is 10.4. The zero-order valence-electron chi connectivity index (χ0n) is 9.11. The molecule has 0 aromatic carbocycles. The molecule has 2 aromatic rings. The predicted octanol–water partition coefficient (Wildman–Crippen LogP) is 1.78. The summed E-state index contributed by atoms with van der Waals surface area (Å²) in [6.45, 7) is 2.59. The molecule has 2 rings (SSSR count). The molecule has 0 aliphatic carbocycles. The highest BCUT2D eigenvalue weighted by Crippen LogP contribution is 2.13. The Morgan fingerprint density at radius 1 is 1.50 bits per heavy atom. The van der Waals surface area contributed by atoms with Crippen LogP contribution in [0.3, 0.4) is 0 Å². The monoisotopic (exact) mass is 237 g/mol. The van der Waals surface area contributed by atoms with Crippen LogP contribution >= 0.6 is 11.6 Å². The number of nitrogens with one attached hydrogen (secondary N) is 1. The zero-order chi connectivity index (χ0) is 11.5. The summed E-state index contributed by atoms with van der Waals surface area (Å²) < 4.78 is 1.81.